The van der Waals surface area contributed by atoms with Gasteiger partial charge in [-0.15, -0.1) is 0 Å². The van der Waals surface area contributed by atoms with E-state index in [0.29, 0.717) is 13.0 Å². The fraction of sp³-hybridized carbons (Fsp3) is 0.619. The van der Waals surface area contributed by atoms with Crippen LogP contribution in [-0.2, 0) is 9.59 Å². The number of amides is 2. The molecule has 2 amide bonds. The van der Waals surface area contributed by atoms with Gasteiger partial charge >= 0.3 is 0 Å². The Labute approximate surface area is 155 Å². The molecule has 1 N–H and O–H groups in total. The van der Waals surface area contributed by atoms with Crippen LogP contribution in [0.25, 0.3) is 0 Å². The Morgan fingerprint density at radius 3 is 2.50 bits per heavy atom. The van der Waals surface area contributed by atoms with Gasteiger partial charge in [0.25, 0.3) is 0 Å². The van der Waals surface area contributed by atoms with Gasteiger partial charge in [0.1, 0.15) is 11.9 Å². The Hall–Kier alpha value is -1.91. The van der Waals surface area contributed by atoms with Crippen molar-refractivity contribution in [3.8, 4) is 0 Å². The first kappa shape index (κ1) is 18.9. The van der Waals surface area contributed by atoms with Crippen LogP contribution >= 0.6 is 0 Å². The molecule has 2 fully saturated rings. The molecule has 0 aromatic heterocycles. The SMILES string of the molecule is CC(CC(=O)N1CCC[C@@H]1C(=O)NC1CCCCC1)c1ccc(F)cc1. The minimum Gasteiger partial charge on any atom is -0.352 e. The summed E-state index contributed by atoms with van der Waals surface area (Å²) in [5.41, 5.74) is 0.946. The molecule has 1 aliphatic heterocycles. The molecule has 3 rings (SSSR count). The predicted octanol–water partition coefficient (Wildman–Crippen LogP) is 3.76. The van der Waals surface area contributed by atoms with E-state index in [4.69, 9.17) is 0 Å². The Morgan fingerprint density at radius 2 is 1.81 bits per heavy atom. The van der Waals surface area contributed by atoms with Gasteiger partial charge in [-0.05, 0) is 49.3 Å². The molecule has 0 spiro atoms. The average Bonchev–Trinajstić information content (AvgIpc) is 3.13. The topological polar surface area (TPSA) is 49.4 Å². The van der Waals surface area contributed by atoms with Crippen LogP contribution in [0.3, 0.4) is 0 Å². The van der Waals surface area contributed by atoms with E-state index in [2.05, 4.69) is 5.32 Å². The Balaban J connectivity index is 1.56. The molecule has 1 saturated heterocycles. The van der Waals surface area contributed by atoms with Crippen molar-refractivity contribution < 1.29 is 14.0 Å². The summed E-state index contributed by atoms with van der Waals surface area (Å²) in [6, 6.07) is 6.24. The summed E-state index contributed by atoms with van der Waals surface area (Å²) in [6.07, 6.45) is 7.66. The number of carbonyl (C=O) groups excluding carboxylic acids is 2. The first-order valence-electron chi connectivity index (χ1n) is 9.90. The monoisotopic (exact) mass is 360 g/mol. The van der Waals surface area contributed by atoms with Gasteiger partial charge in [-0.2, -0.15) is 0 Å². The van der Waals surface area contributed by atoms with Gasteiger partial charge in [0.05, 0.1) is 0 Å². The Morgan fingerprint density at radius 1 is 1.12 bits per heavy atom. The number of nitrogens with zero attached hydrogens (tertiary/aromatic N) is 1. The van der Waals surface area contributed by atoms with E-state index in [0.717, 1.165) is 31.2 Å². The zero-order valence-corrected chi connectivity index (χ0v) is 15.5. The minimum atomic E-state index is -0.329. The molecular weight excluding hydrogens is 331 g/mol. The molecule has 1 heterocycles. The lowest BCUT2D eigenvalue weighted by atomic mass is 9.95. The Kier molecular flexibility index (Phi) is 6.28. The van der Waals surface area contributed by atoms with Crippen molar-refractivity contribution in [2.24, 2.45) is 0 Å². The zero-order valence-electron chi connectivity index (χ0n) is 15.5. The Bertz CT molecular complexity index is 625. The standard InChI is InChI=1S/C21H29FN2O2/c1-15(16-9-11-17(22)12-10-16)14-20(25)24-13-5-8-19(24)21(26)23-18-6-3-2-4-7-18/h9-12,15,18-19H,2-8,13-14H2,1H3,(H,23,26)/t15?,19-/m1/s1. The van der Waals surface area contributed by atoms with Gasteiger partial charge in [0.2, 0.25) is 11.8 Å². The molecule has 5 heteroatoms. The molecule has 142 valence electrons. The maximum absolute atomic E-state index is 13.1. The average molecular weight is 360 g/mol. The predicted molar refractivity (Wildman–Crippen MR) is 99.2 cm³/mol. The fourth-order valence-electron chi connectivity index (χ4n) is 4.17. The third kappa shape index (κ3) is 4.63. The highest BCUT2D eigenvalue weighted by molar-refractivity contribution is 5.88. The summed E-state index contributed by atoms with van der Waals surface area (Å²) in [5.74, 6) is -0.239. The smallest absolute Gasteiger partial charge is 0.243 e. The number of likely N-dealkylation sites (tertiary alicyclic amines) is 1. The number of hydrogen-bond acceptors (Lipinski definition) is 2. The highest BCUT2D eigenvalue weighted by Crippen LogP contribution is 2.25. The van der Waals surface area contributed by atoms with Crippen molar-refractivity contribution in [1.82, 2.24) is 10.2 Å². The molecule has 2 atom stereocenters. The number of carbonyl (C=O) groups is 2. The van der Waals surface area contributed by atoms with E-state index in [-0.39, 0.29) is 35.6 Å². The summed E-state index contributed by atoms with van der Waals surface area (Å²) in [5, 5.41) is 3.16. The first-order valence-corrected chi connectivity index (χ1v) is 9.90. The largest absolute Gasteiger partial charge is 0.352 e. The first-order chi connectivity index (χ1) is 12.5. The summed E-state index contributed by atoms with van der Waals surface area (Å²) < 4.78 is 13.1. The van der Waals surface area contributed by atoms with E-state index >= 15 is 0 Å². The normalized spacial score (nSPS) is 22.2. The minimum absolute atomic E-state index is 0.00533. The van der Waals surface area contributed by atoms with Crippen molar-refractivity contribution >= 4 is 11.8 Å². The van der Waals surface area contributed by atoms with Gasteiger partial charge in [-0.1, -0.05) is 38.3 Å². The van der Waals surface area contributed by atoms with E-state index in [1.54, 1.807) is 17.0 Å². The lowest BCUT2D eigenvalue weighted by molar-refractivity contribution is -0.139. The van der Waals surface area contributed by atoms with Crippen LogP contribution in [0.4, 0.5) is 4.39 Å². The van der Waals surface area contributed by atoms with Crippen LogP contribution in [0.15, 0.2) is 24.3 Å². The van der Waals surface area contributed by atoms with Crippen molar-refractivity contribution in [1.29, 1.82) is 0 Å². The number of halogens is 1. The van der Waals surface area contributed by atoms with E-state index in [1.165, 1.54) is 31.4 Å². The second-order valence-corrected chi connectivity index (χ2v) is 7.75. The van der Waals surface area contributed by atoms with Crippen molar-refractivity contribution in [3.63, 3.8) is 0 Å². The van der Waals surface area contributed by atoms with Crippen LogP contribution in [0.2, 0.25) is 0 Å². The number of rotatable bonds is 5. The van der Waals surface area contributed by atoms with E-state index in [1.807, 2.05) is 6.92 Å². The molecule has 1 aliphatic carbocycles. The summed E-state index contributed by atoms with van der Waals surface area (Å²) >= 11 is 0. The lowest BCUT2D eigenvalue weighted by Gasteiger charge is -2.29. The third-order valence-corrected chi connectivity index (χ3v) is 5.75. The van der Waals surface area contributed by atoms with Gasteiger partial charge in [0, 0.05) is 19.0 Å². The molecular formula is C21H29FN2O2. The molecule has 1 saturated carbocycles. The maximum Gasteiger partial charge on any atom is 0.243 e. The lowest BCUT2D eigenvalue weighted by Crippen LogP contribution is -2.49. The molecule has 0 radical (unpaired) electrons. The summed E-state index contributed by atoms with van der Waals surface area (Å²) in [4.78, 5) is 27.2. The zero-order chi connectivity index (χ0) is 18.5. The number of benzene rings is 1. The van der Waals surface area contributed by atoms with Crippen molar-refractivity contribution in [2.75, 3.05) is 6.54 Å². The maximum atomic E-state index is 13.1. The number of nitrogens with one attached hydrogen (secondary N) is 1. The van der Waals surface area contributed by atoms with Crippen LogP contribution < -0.4 is 5.32 Å². The van der Waals surface area contributed by atoms with Crippen LogP contribution in [-0.4, -0.2) is 35.3 Å². The number of hydrogen-bond donors (Lipinski definition) is 1. The molecule has 1 aromatic carbocycles. The fourth-order valence-corrected chi connectivity index (χ4v) is 4.17. The van der Waals surface area contributed by atoms with Crippen LogP contribution in [0, 0.1) is 5.82 Å². The molecule has 26 heavy (non-hydrogen) atoms. The van der Waals surface area contributed by atoms with Gasteiger partial charge in [-0.3, -0.25) is 9.59 Å². The molecule has 1 unspecified atom stereocenters. The molecule has 1 aromatic rings. The summed E-state index contributed by atoms with van der Waals surface area (Å²) in [6.45, 7) is 2.62. The molecule has 0 bridgehead atoms. The van der Waals surface area contributed by atoms with Crippen LogP contribution in [0.1, 0.15) is 69.8 Å². The highest BCUT2D eigenvalue weighted by Gasteiger charge is 2.35. The quantitative estimate of drug-likeness (QED) is 0.869. The van der Waals surface area contributed by atoms with E-state index < -0.39 is 0 Å². The highest BCUT2D eigenvalue weighted by atomic mass is 19.1. The molecule has 4 nitrogen and oxygen atoms in total. The van der Waals surface area contributed by atoms with Crippen LogP contribution in [0.5, 0.6) is 0 Å². The second-order valence-electron chi connectivity index (χ2n) is 7.75. The molecule has 2 aliphatic rings. The van der Waals surface area contributed by atoms with Gasteiger partial charge < -0.3 is 10.2 Å². The van der Waals surface area contributed by atoms with Gasteiger partial charge in [-0.25, -0.2) is 4.39 Å². The summed E-state index contributed by atoms with van der Waals surface area (Å²) in [7, 11) is 0. The van der Waals surface area contributed by atoms with E-state index in [9.17, 15) is 14.0 Å². The second kappa shape index (κ2) is 8.65. The van der Waals surface area contributed by atoms with Crippen molar-refractivity contribution in [3.05, 3.63) is 35.6 Å². The van der Waals surface area contributed by atoms with Gasteiger partial charge in [0.15, 0.2) is 0 Å². The van der Waals surface area contributed by atoms with Crippen molar-refractivity contribution in [2.45, 2.75) is 76.3 Å². The third-order valence-electron chi connectivity index (χ3n) is 5.75.